The molecular weight excluding hydrogens is 200 g/mol. The first-order valence-electron chi connectivity index (χ1n) is 6.29. The van der Waals surface area contributed by atoms with Gasteiger partial charge < -0.3 is 5.32 Å². The van der Waals surface area contributed by atoms with Gasteiger partial charge in [-0.25, -0.2) is 4.98 Å². The minimum Gasteiger partial charge on any atom is -0.314 e. The first-order valence-corrected chi connectivity index (χ1v) is 6.29. The van der Waals surface area contributed by atoms with E-state index in [4.69, 9.17) is 0 Å². The number of nitrogens with one attached hydrogen (secondary N) is 1. The molecule has 0 saturated heterocycles. The van der Waals surface area contributed by atoms with E-state index in [-0.39, 0.29) is 0 Å². The van der Waals surface area contributed by atoms with Crippen LogP contribution in [-0.2, 0) is 13.0 Å². The van der Waals surface area contributed by atoms with Gasteiger partial charge in [0, 0.05) is 19.0 Å². The van der Waals surface area contributed by atoms with Gasteiger partial charge in [0.25, 0.3) is 0 Å². The summed E-state index contributed by atoms with van der Waals surface area (Å²) < 4.78 is 1.98. The number of aromatic nitrogens is 3. The van der Waals surface area contributed by atoms with Gasteiger partial charge in [0.05, 0.1) is 0 Å². The van der Waals surface area contributed by atoms with E-state index in [9.17, 15) is 0 Å². The van der Waals surface area contributed by atoms with Crippen molar-refractivity contribution in [3.8, 4) is 0 Å². The van der Waals surface area contributed by atoms with Gasteiger partial charge in [-0.15, -0.1) is 0 Å². The molecule has 4 nitrogen and oxygen atoms in total. The van der Waals surface area contributed by atoms with E-state index in [1.54, 1.807) is 6.33 Å². The highest BCUT2D eigenvalue weighted by Crippen LogP contribution is 2.10. The molecule has 0 amide bonds. The van der Waals surface area contributed by atoms with Gasteiger partial charge in [0.2, 0.25) is 0 Å². The van der Waals surface area contributed by atoms with Crippen LogP contribution in [0.5, 0.6) is 0 Å². The summed E-state index contributed by atoms with van der Waals surface area (Å²) >= 11 is 0. The van der Waals surface area contributed by atoms with E-state index in [0.717, 1.165) is 25.3 Å². The minimum atomic E-state index is 0.530. The van der Waals surface area contributed by atoms with Gasteiger partial charge >= 0.3 is 0 Å². The van der Waals surface area contributed by atoms with Gasteiger partial charge in [-0.05, 0) is 32.7 Å². The number of aryl methyl sites for hydroxylation is 1. The lowest BCUT2D eigenvalue weighted by molar-refractivity contribution is 0.386. The van der Waals surface area contributed by atoms with Crippen LogP contribution in [-0.4, -0.2) is 27.4 Å². The largest absolute Gasteiger partial charge is 0.314 e. The molecule has 1 aromatic heterocycles. The Kier molecular flexibility index (Phi) is 5.46. The second-order valence-corrected chi connectivity index (χ2v) is 4.42. The van der Waals surface area contributed by atoms with Crippen LogP contribution >= 0.6 is 0 Å². The molecule has 1 heterocycles. The van der Waals surface area contributed by atoms with Crippen LogP contribution in [0.25, 0.3) is 0 Å². The smallest absolute Gasteiger partial charge is 0.138 e. The molecule has 0 bridgehead atoms. The van der Waals surface area contributed by atoms with Gasteiger partial charge in [-0.3, -0.25) is 4.68 Å². The molecule has 92 valence electrons. The highest BCUT2D eigenvalue weighted by Gasteiger charge is 2.14. The lowest BCUT2D eigenvalue weighted by atomic mass is 9.99. The predicted octanol–water partition coefficient (Wildman–Crippen LogP) is 1.86. The van der Waals surface area contributed by atoms with Crippen LogP contribution in [0.3, 0.4) is 0 Å². The zero-order chi connectivity index (χ0) is 12.0. The molecule has 0 aliphatic carbocycles. The molecule has 0 aromatic carbocycles. The van der Waals surface area contributed by atoms with Crippen LogP contribution in [0.1, 0.15) is 39.9 Å². The molecule has 0 spiro atoms. The molecule has 0 fully saturated rings. The maximum atomic E-state index is 4.31. The number of nitrogens with zero attached hydrogens (tertiary/aromatic N) is 3. The number of hydrogen-bond donors (Lipinski definition) is 1. The van der Waals surface area contributed by atoms with Crippen LogP contribution in [0.15, 0.2) is 6.33 Å². The van der Waals surface area contributed by atoms with E-state index in [0.29, 0.717) is 12.0 Å². The minimum absolute atomic E-state index is 0.530. The molecule has 4 heteroatoms. The molecular formula is C12H24N4. The molecule has 0 aliphatic rings. The average molecular weight is 224 g/mol. The molecule has 2 atom stereocenters. The third-order valence-electron chi connectivity index (χ3n) is 3.07. The van der Waals surface area contributed by atoms with Crippen molar-refractivity contribution in [2.24, 2.45) is 5.92 Å². The van der Waals surface area contributed by atoms with Crippen molar-refractivity contribution in [3.05, 3.63) is 12.2 Å². The fourth-order valence-corrected chi connectivity index (χ4v) is 1.75. The maximum absolute atomic E-state index is 4.31. The van der Waals surface area contributed by atoms with Gasteiger partial charge in [-0.2, -0.15) is 5.10 Å². The Hall–Kier alpha value is -0.900. The Bertz CT molecular complexity index is 295. The molecule has 1 N–H and O–H groups in total. The highest BCUT2D eigenvalue weighted by atomic mass is 15.3. The zero-order valence-corrected chi connectivity index (χ0v) is 10.9. The highest BCUT2D eigenvalue weighted by molar-refractivity contribution is 4.88. The summed E-state index contributed by atoms with van der Waals surface area (Å²) in [6.07, 6.45) is 3.82. The molecule has 1 rings (SSSR count). The summed E-state index contributed by atoms with van der Waals surface area (Å²) in [6, 6.07) is 0.530. The Morgan fingerprint density at radius 3 is 2.75 bits per heavy atom. The third kappa shape index (κ3) is 3.59. The van der Waals surface area contributed by atoms with Crippen molar-refractivity contribution in [1.82, 2.24) is 20.1 Å². The normalized spacial score (nSPS) is 15.0. The zero-order valence-electron chi connectivity index (χ0n) is 10.9. The number of hydrogen-bond acceptors (Lipinski definition) is 3. The first-order chi connectivity index (χ1) is 7.69. The Labute approximate surface area is 98.5 Å². The van der Waals surface area contributed by atoms with Crippen molar-refractivity contribution in [2.75, 3.05) is 6.54 Å². The first kappa shape index (κ1) is 13.2. The van der Waals surface area contributed by atoms with Crippen molar-refractivity contribution < 1.29 is 0 Å². The Morgan fingerprint density at radius 1 is 1.38 bits per heavy atom. The summed E-state index contributed by atoms with van der Waals surface area (Å²) in [5.74, 6) is 1.68. The molecule has 0 saturated carbocycles. The molecule has 0 radical (unpaired) electrons. The SMILES string of the molecule is CCCNC(C)C(C)Cc1ncnn1CC. The predicted molar refractivity (Wildman–Crippen MR) is 66.3 cm³/mol. The van der Waals surface area contributed by atoms with Crippen molar-refractivity contribution >= 4 is 0 Å². The summed E-state index contributed by atoms with van der Waals surface area (Å²) in [5.41, 5.74) is 0. The van der Waals surface area contributed by atoms with Crippen LogP contribution in [0.2, 0.25) is 0 Å². The van der Waals surface area contributed by atoms with Crippen LogP contribution < -0.4 is 5.32 Å². The summed E-state index contributed by atoms with van der Waals surface area (Å²) in [4.78, 5) is 4.31. The van der Waals surface area contributed by atoms with E-state index < -0.39 is 0 Å². The van der Waals surface area contributed by atoms with E-state index >= 15 is 0 Å². The molecule has 16 heavy (non-hydrogen) atoms. The Morgan fingerprint density at radius 2 is 2.12 bits per heavy atom. The summed E-state index contributed by atoms with van der Waals surface area (Å²) in [7, 11) is 0. The van der Waals surface area contributed by atoms with Crippen LogP contribution in [0, 0.1) is 5.92 Å². The third-order valence-corrected chi connectivity index (χ3v) is 3.07. The molecule has 2 unspecified atom stereocenters. The van der Waals surface area contributed by atoms with Gasteiger partial charge in [0.15, 0.2) is 0 Å². The summed E-state index contributed by atoms with van der Waals surface area (Å²) in [5, 5.41) is 7.72. The van der Waals surface area contributed by atoms with Crippen LogP contribution in [0.4, 0.5) is 0 Å². The van der Waals surface area contributed by atoms with E-state index in [2.05, 4.69) is 43.1 Å². The fraction of sp³-hybridized carbons (Fsp3) is 0.833. The monoisotopic (exact) mass is 224 g/mol. The van der Waals surface area contributed by atoms with Gasteiger partial charge in [-0.1, -0.05) is 13.8 Å². The van der Waals surface area contributed by atoms with E-state index in [1.807, 2.05) is 4.68 Å². The standard InChI is InChI=1S/C12H24N4/c1-5-7-13-11(4)10(3)8-12-14-9-15-16(12)6-2/h9-11,13H,5-8H2,1-4H3. The lowest BCUT2D eigenvalue weighted by Crippen LogP contribution is -2.34. The lowest BCUT2D eigenvalue weighted by Gasteiger charge is -2.20. The fourth-order valence-electron chi connectivity index (χ4n) is 1.75. The molecule has 1 aromatic rings. The second-order valence-electron chi connectivity index (χ2n) is 4.42. The second kappa shape index (κ2) is 6.63. The number of rotatable bonds is 7. The summed E-state index contributed by atoms with van der Waals surface area (Å²) in [6.45, 7) is 10.8. The van der Waals surface area contributed by atoms with E-state index in [1.165, 1.54) is 6.42 Å². The quantitative estimate of drug-likeness (QED) is 0.769. The van der Waals surface area contributed by atoms with Crippen molar-refractivity contribution in [3.63, 3.8) is 0 Å². The topological polar surface area (TPSA) is 42.7 Å². The molecule has 0 aliphatic heterocycles. The van der Waals surface area contributed by atoms with Crippen molar-refractivity contribution in [2.45, 2.75) is 53.1 Å². The Balaban J connectivity index is 2.47. The average Bonchev–Trinajstić information content (AvgIpc) is 2.72. The maximum Gasteiger partial charge on any atom is 0.138 e. The van der Waals surface area contributed by atoms with Crippen molar-refractivity contribution in [1.29, 1.82) is 0 Å². The van der Waals surface area contributed by atoms with Gasteiger partial charge in [0.1, 0.15) is 12.2 Å².